The summed E-state index contributed by atoms with van der Waals surface area (Å²) in [6, 6.07) is 11.3. The molecule has 0 amide bonds. The number of nitrogens with one attached hydrogen (secondary N) is 1. The molecule has 2 aromatic carbocycles. The van der Waals surface area contributed by atoms with Crippen LogP contribution in [-0.2, 0) is 23.0 Å². The molecule has 0 aliphatic carbocycles. The third kappa shape index (κ3) is 3.97. The lowest BCUT2D eigenvalue weighted by Crippen LogP contribution is -2.24. The SMILES string of the molecule is CCc1cc(S(=O)(=O)NCc2ccccc2C(=O)O)ccc1C. The maximum atomic E-state index is 12.4. The van der Waals surface area contributed by atoms with Gasteiger partial charge in [0, 0.05) is 6.54 Å². The quantitative estimate of drug-likeness (QED) is 0.851. The van der Waals surface area contributed by atoms with Crippen LogP contribution in [0, 0.1) is 6.92 Å². The fourth-order valence-corrected chi connectivity index (χ4v) is 3.39. The summed E-state index contributed by atoms with van der Waals surface area (Å²) in [5, 5.41) is 9.13. The van der Waals surface area contributed by atoms with E-state index < -0.39 is 16.0 Å². The lowest BCUT2D eigenvalue weighted by Gasteiger charge is -2.11. The minimum absolute atomic E-state index is 0.0693. The van der Waals surface area contributed by atoms with E-state index in [1.807, 2.05) is 13.8 Å². The Hall–Kier alpha value is -2.18. The Morgan fingerprint density at radius 3 is 2.48 bits per heavy atom. The van der Waals surface area contributed by atoms with Crippen LogP contribution in [-0.4, -0.2) is 19.5 Å². The number of hydrogen-bond acceptors (Lipinski definition) is 3. The molecule has 0 aliphatic rings. The van der Waals surface area contributed by atoms with E-state index in [4.69, 9.17) is 5.11 Å². The van der Waals surface area contributed by atoms with Crippen LogP contribution in [0.5, 0.6) is 0 Å². The van der Waals surface area contributed by atoms with Crippen LogP contribution in [0.25, 0.3) is 0 Å². The van der Waals surface area contributed by atoms with E-state index in [2.05, 4.69) is 4.72 Å². The molecule has 23 heavy (non-hydrogen) atoms. The first kappa shape index (κ1) is 17.2. The Bertz CT molecular complexity index is 828. The molecule has 6 heteroatoms. The molecule has 2 aromatic rings. The van der Waals surface area contributed by atoms with Crippen molar-refractivity contribution >= 4 is 16.0 Å². The fourth-order valence-electron chi connectivity index (χ4n) is 2.34. The molecule has 0 unspecified atom stereocenters. The highest BCUT2D eigenvalue weighted by Crippen LogP contribution is 2.17. The van der Waals surface area contributed by atoms with E-state index in [9.17, 15) is 13.2 Å². The molecule has 0 saturated heterocycles. The minimum Gasteiger partial charge on any atom is -0.478 e. The van der Waals surface area contributed by atoms with Crippen molar-refractivity contribution in [2.24, 2.45) is 0 Å². The molecule has 5 nitrogen and oxygen atoms in total. The Morgan fingerprint density at radius 2 is 1.83 bits per heavy atom. The number of carboxylic acids is 1. The van der Waals surface area contributed by atoms with E-state index in [-0.39, 0.29) is 17.0 Å². The molecule has 0 heterocycles. The van der Waals surface area contributed by atoms with Gasteiger partial charge in [-0.1, -0.05) is 31.2 Å². The summed E-state index contributed by atoms with van der Waals surface area (Å²) in [6.45, 7) is 3.83. The van der Waals surface area contributed by atoms with Gasteiger partial charge in [0.15, 0.2) is 0 Å². The van der Waals surface area contributed by atoms with Gasteiger partial charge < -0.3 is 5.11 Å². The summed E-state index contributed by atoms with van der Waals surface area (Å²) >= 11 is 0. The highest BCUT2D eigenvalue weighted by Gasteiger charge is 2.17. The summed E-state index contributed by atoms with van der Waals surface area (Å²) in [5.41, 5.74) is 2.53. The molecule has 0 saturated carbocycles. The molecule has 0 spiro atoms. The van der Waals surface area contributed by atoms with Gasteiger partial charge in [0.2, 0.25) is 10.0 Å². The molecule has 0 fully saturated rings. The first-order valence-corrected chi connectivity index (χ1v) is 8.74. The van der Waals surface area contributed by atoms with Crippen molar-refractivity contribution in [1.82, 2.24) is 4.72 Å². The van der Waals surface area contributed by atoms with Crippen LogP contribution in [0.1, 0.15) is 34.0 Å². The largest absolute Gasteiger partial charge is 0.478 e. The number of carbonyl (C=O) groups is 1. The zero-order valence-corrected chi connectivity index (χ0v) is 13.9. The topological polar surface area (TPSA) is 83.5 Å². The second-order valence-corrected chi connectivity index (χ2v) is 7.00. The van der Waals surface area contributed by atoms with Crippen LogP contribution in [0.2, 0.25) is 0 Å². The Labute approximate surface area is 136 Å². The number of benzene rings is 2. The average molecular weight is 333 g/mol. The molecule has 0 aliphatic heterocycles. The van der Waals surface area contributed by atoms with Gasteiger partial charge in [0.25, 0.3) is 0 Å². The molecule has 2 N–H and O–H groups in total. The van der Waals surface area contributed by atoms with E-state index >= 15 is 0 Å². The van der Waals surface area contributed by atoms with Crippen LogP contribution in [0.15, 0.2) is 47.4 Å². The van der Waals surface area contributed by atoms with E-state index in [1.54, 1.807) is 36.4 Å². The average Bonchev–Trinajstić information content (AvgIpc) is 2.53. The van der Waals surface area contributed by atoms with Crippen LogP contribution in [0.3, 0.4) is 0 Å². The number of carboxylic acid groups (broad SMARTS) is 1. The van der Waals surface area contributed by atoms with Crippen LogP contribution < -0.4 is 4.72 Å². The second-order valence-electron chi connectivity index (χ2n) is 5.23. The van der Waals surface area contributed by atoms with Crippen molar-refractivity contribution in [3.63, 3.8) is 0 Å². The monoisotopic (exact) mass is 333 g/mol. The molecular weight excluding hydrogens is 314 g/mol. The highest BCUT2D eigenvalue weighted by molar-refractivity contribution is 7.89. The number of hydrogen-bond donors (Lipinski definition) is 2. The predicted molar refractivity (Wildman–Crippen MR) is 88.0 cm³/mol. The maximum absolute atomic E-state index is 12.4. The smallest absolute Gasteiger partial charge is 0.336 e. The Morgan fingerprint density at radius 1 is 1.13 bits per heavy atom. The third-order valence-electron chi connectivity index (χ3n) is 3.71. The van der Waals surface area contributed by atoms with Crippen molar-refractivity contribution in [1.29, 1.82) is 0 Å². The maximum Gasteiger partial charge on any atom is 0.336 e. The second kappa shape index (κ2) is 6.93. The lowest BCUT2D eigenvalue weighted by molar-refractivity contribution is 0.0695. The van der Waals surface area contributed by atoms with Gasteiger partial charge in [-0.15, -0.1) is 0 Å². The number of aromatic carboxylic acids is 1. The molecule has 0 aromatic heterocycles. The first-order valence-electron chi connectivity index (χ1n) is 7.25. The molecule has 0 atom stereocenters. The molecule has 2 rings (SSSR count). The fraction of sp³-hybridized carbons (Fsp3) is 0.235. The Balaban J connectivity index is 2.25. The number of sulfonamides is 1. The van der Waals surface area contributed by atoms with Crippen molar-refractivity contribution in [2.75, 3.05) is 0 Å². The summed E-state index contributed by atoms with van der Waals surface area (Å²) in [4.78, 5) is 11.3. The van der Waals surface area contributed by atoms with Gasteiger partial charge in [0.05, 0.1) is 10.5 Å². The van der Waals surface area contributed by atoms with E-state index in [0.717, 1.165) is 17.5 Å². The van der Waals surface area contributed by atoms with E-state index in [0.29, 0.717) is 5.56 Å². The van der Waals surface area contributed by atoms with Gasteiger partial charge in [-0.2, -0.15) is 0 Å². The zero-order chi connectivity index (χ0) is 17.0. The normalized spacial score (nSPS) is 11.4. The van der Waals surface area contributed by atoms with Crippen molar-refractivity contribution in [2.45, 2.75) is 31.7 Å². The van der Waals surface area contributed by atoms with Crippen molar-refractivity contribution in [3.05, 3.63) is 64.7 Å². The van der Waals surface area contributed by atoms with Gasteiger partial charge in [-0.3, -0.25) is 0 Å². The summed E-state index contributed by atoms with van der Waals surface area (Å²) < 4.78 is 27.3. The van der Waals surface area contributed by atoms with Crippen molar-refractivity contribution < 1.29 is 18.3 Å². The standard InChI is InChI=1S/C17H19NO4S/c1-3-13-10-15(9-8-12(13)2)23(21,22)18-11-14-6-4-5-7-16(14)17(19)20/h4-10,18H,3,11H2,1-2H3,(H,19,20). The first-order chi connectivity index (χ1) is 10.8. The summed E-state index contributed by atoms with van der Waals surface area (Å²) in [6.07, 6.45) is 0.747. The summed E-state index contributed by atoms with van der Waals surface area (Å²) in [7, 11) is -3.69. The lowest BCUT2D eigenvalue weighted by atomic mass is 10.1. The minimum atomic E-state index is -3.69. The van der Waals surface area contributed by atoms with Crippen LogP contribution in [0.4, 0.5) is 0 Å². The number of aryl methyl sites for hydroxylation is 2. The number of rotatable bonds is 6. The third-order valence-corrected chi connectivity index (χ3v) is 5.11. The highest BCUT2D eigenvalue weighted by atomic mass is 32.2. The molecule has 122 valence electrons. The van der Waals surface area contributed by atoms with Gasteiger partial charge in [-0.05, 0) is 48.2 Å². The van der Waals surface area contributed by atoms with Crippen molar-refractivity contribution in [3.8, 4) is 0 Å². The molecular formula is C17H19NO4S. The van der Waals surface area contributed by atoms with Gasteiger partial charge in [0.1, 0.15) is 0 Å². The van der Waals surface area contributed by atoms with E-state index in [1.165, 1.54) is 6.07 Å². The molecule has 0 bridgehead atoms. The zero-order valence-electron chi connectivity index (χ0n) is 13.0. The Kier molecular flexibility index (Phi) is 5.18. The van der Waals surface area contributed by atoms with Gasteiger partial charge >= 0.3 is 5.97 Å². The predicted octanol–water partition coefficient (Wildman–Crippen LogP) is 2.73. The molecule has 0 radical (unpaired) electrons. The summed E-state index contributed by atoms with van der Waals surface area (Å²) in [5.74, 6) is -1.08. The van der Waals surface area contributed by atoms with Crippen LogP contribution >= 0.6 is 0 Å². The van der Waals surface area contributed by atoms with Gasteiger partial charge in [-0.25, -0.2) is 17.9 Å².